The predicted octanol–water partition coefficient (Wildman–Crippen LogP) is 0.118. The molecule has 20 heavy (non-hydrogen) atoms. The number of rotatable bonds is 3. The Labute approximate surface area is 117 Å². The molecule has 2 rings (SSSR count). The molecule has 3 atom stereocenters. The van der Waals surface area contributed by atoms with Crippen molar-refractivity contribution in [1.82, 2.24) is 9.97 Å². The monoisotopic (exact) mass is 301 g/mol. The molecule has 1 aliphatic rings. The van der Waals surface area contributed by atoms with E-state index in [-0.39, 0.29) is 32.3 Å². The van der Waals surface area contributed by atoms with E-state index in [1.807, 2.05) is 0 Å². The third kappa shape index (κ3) is 2.96. The third-order valence-corrected chi connectivity index (χ3v) is 3.67. The van der Waals surface area contributed by atoms with Crippen LogP contribution in [-0.2, 0) is 9.32 Å². The van der Waals surface area contributed by atoms with Crippen molar-refractivity contribution in [3.63, 3.8) is 0 Å². The zero-order valence-corrected chi connectivity index (χ0v) is 12.0. The summed E-state index contributed by atoms with van der Waals surface area (Å²) in [6, 6.07) is -0.428. The molecule has 1 aromatic rings. The molecule has 0 aliphatic carbocycles. The minimum Gasteiger partial charge on any atom is -0.448 e. The number of piperidine rings is 1. The summed E-state index contributed by atoms with van der Waals surface area (Å²) in [4.78, 5) is 20.9. The van der Waals surface area contributed by atoms with Gasteiger partial charge in [-0.25, -0.2) is 9.97 Å². The Balaban J connectivity index is 2.09. The molecular formula is C11H17FN5O2P. The largest absolute Gasteiger partial charge is 0.448 e. The van der Waals surface area contributed by atoms with Crippen molar-refractivity contribution in [2.24, 2.45) is 11.7 Å². The summed E-state index contributed by atoms with van der Waals surface area (Å²) in [5.74, 6) is -1.38. The van der Waals surface area contributed by atoms with Gasteiger partial charge in [-0.05, 0) is 13.1 Å². The van der Waals surface area contributed by atoms with Gasteiger partial charge in [0.2, 0.25) is 5.82 Å². The highest BCUT2D eigenvalue weighted by Crippen LogP contribution is 2.26. The van der Waals surface area contributed by atoms with E-state index in [9.17, 15) is 9.18 Å². The van der Waals surface area contributed by atoms with Crippen LogP contribution in [0.5, 0.6) is 0 Å². The standard InChI is InChI=1S/C11H17FN5O2P/c1-20-19-11(18)6-2-3-17(4-7(6)13)10-8(12)9(14)15-5-16-10/h5-7,20H,2-4,13H2,1H3,(H2,14,15,16)/t6?,7-/m0/s1. The second-order valence-corrected chi connectivity index (χ2v) is 5.14. The van der Waals surface area contributed by atoms with Crippen LogP contribution in [0.3, 0.4) is 0 Å². The number of halogens is 1. The molecule has 0 bridgehead atoms. The minimum atomic E-state index is -0.657. The molecule has 1 fully saturated rings. The van der Waals surface area contributed by atoms with Crippen LogP contribution in [0, 0.1) is 11.7 Å². The van der Waals surface area contributed by atoms with E-state index >= 15 is 0 Å². The van der Waals surface area contributed by atoms with Gasteiger partial charge in [0.25, 0.3) is 0 Å². The maximum absolute atomic E-state index is 13.9. The first-order valence-electron chi connectivity index (χ1n) is 6.18. The Morgan fingerprint density at radius 3 is 3.00 bits per heavy atom. The molecule has 110 valence electrons. The first-order chi connectivity index (χ1) is 9.54. The van der Waals surface area contributed by atoms with Crippen molar-refractivity contribution in [2.45, 2.75) is 12.5 Å². The lowest BCUT2D eigenvalue weighted by atomic mass is 9.92. The van der Waals surface area contributed by atoms with Crippen LogP contribution in [0.2, 0.25) is 0 Å². The number of hydrogen-bond donors (Lipinski definition) is 2. The van der Waals surface area contributed by atoms with Crippen LogP contribution in [0.25, 0.3) is 0 Å². The van der Waals surface area contributed by atoms with E-state index < -0.39 is 11.9 Å². The number of carbonyl (C=O) groups excluding carboxylic acids is 1. The fourth-order valence-corrected chi connectivity index (χ4v) is 2.59. The van der Waals surface area contributed by atoms with E-state index in [4.69, 9.17) is 16.0 Å². The topological polar surface area (TPSA) is 107 Å². The summed E-state index contributed by atoms with van der Waals surface area (Å²) >= 11 is 0. The average molecular weight is 301 g/mol. The van der Waals surface area contributed by atoms with Gasteiger partial charge < -0.3 is 20.9 Å². The van der Waals surface area contributed by atoms with Gasteiger partial charge in [0.05, 0.1) is 14.7 Å². The fourth-order valence-electron chi connectivity index (χ4n) is 2.24. The van der Waals surface area contributed by atoms with E-state index in [1.54, 1.807) is 11.6 Å². The smallest absolute Gasteiger partial charge is 0.313 e. The quantitative estimate of drug-likeness (QED) is 0.763. The molecule has 2 heterocycles. The van der Waals surface area contributed by atoms with E-state index in [0.29, 0.717) is 19.5 Å². The highest BCUT2D eigenvalue weighted by molar-refractivity contribution is 7.31. The van der Waals surface area contributed by atoms with Gasteiger partial charge in [-0.15, -0.1) is 0 Å². The van der Waals surface area contributed by atoms with Crippen LogP contribution in [0.1, 0.15) is 6.42 Å². The molecule has 1 saturated heterocycles. The molecule has 0 radical (unpaired) electrons. The van der Waals surface area contributed by atoms with Crippen molar-refractivity contribution in [3.05, 3.63) is 12.1 Å². The van der Waals surface area contributed by atoms with Crippen LogP contribution in [0.15, 0.2) is 6.33 Å². The minimum absolute atomic E-state index is 0.0993. The van der Waals surface area contributed by atoms with Crippen LogP contribution in [-0.4, -0.2) is 41.7 Å². The second kappa shape index (κ2) is 6.28. The van der Waals surface area contributed by atoms with Crippen molar-refractivity contribution in [1.29, 1.82) is 0 Å². The highest BCUT2D eigenvalue weighted by Gasteiger charge is 2.34. The van der Waals surface area contributed by atoms with Gasteiger partial charge in [-0.1, -0.05) is 0 Å². The molecule has 0 spiro atoms. The first kappa shape index (κ1) is 14.9. The number of hydrogen-bond acceptors (Lipinski definition) is 7. The maximum atomic E-state index is 13.9. The zero-order chi connectivity index (χ0) is 14.7. The number of aromatic nitrogens is 2. The molecule has 1 aromatic heterocycles. The number of carbonyl (C=O) groups is 1. The lowest BCUT2D eigenvalue weighted by Gasteiger charge is -2.36. The zero-order valence-electron chi connectivity index (χ0n) is 11.0. The van der Waals surface area contributed by atoms with Gasteiger partial charge >= 0.3 is 5.97 Å². The maximum Gasteiger partial charge on any atom is 0.313 e. The number of anilines is 2. The van der Waals surface area contributed by atoms with E-state index in [0.717, 1.165) is 0 Å². The molecule has 0 aromatic carbocycles. The molecule has 9 heteroatoms. The second-order valence-electron chi connectivity index (χ2n) is 4.53. The Morgan fingerprint density at radius 2 is 2.35 bits per heavy atom. The van der Waals surface area contributed by atoms with Gasteiger partial charge in [0, 0.05) is 19.1 Å². The molecular weight excluding hydrogens is 284 g/mol. The molecule has 0 amide bonds. The van der Waals surface area contributed by atoms with Crippen LogP contribution in [0.4, 0.5) is 16.0 Å². The summed E-state index contributed by atoms with van der Waals surface area (Å²) < 4.78 is 18.9. The van der Waals surface area contributed by atoms with Crippen molar-refractivity contribution < 1.29 is 13.7 Å². The van der Waals surface area contributed by atoms with E-state index in [2.05, 4.69) is 9.97 Å². The Kier molecular flexibility index (Phi) is 4.67. The Morgan fingerprint density at radius 1 is 1.60 bits per heavy atom. The van der Waals surface area contributed by atoms with Crippen molar-refractivity contribution in [3.8, 4) is 0 Å². The number of nitrogens with zero attached hydrogens (tertiary/aromatic N) is 3. The van der Waals surface area contributed by atoms with Crippen LogP contribution >= 0.6 is 8.81 Å². The SMILES string of the molecule is CPOC(=O)C1CCN(c2ncnc(N)c2F)C[C@@H]1N. The summed E-state index contributed by atoms with van der Waals surface area (Å²) in [7, 11) is 0.0993. The first-order valence-corrected chi connectivity index (χ1v) is 7.59. The van der Waals surface area contributed by atoms with Crippen LogP contribution < -0.4 is 16.4 Å². The lowest BCUT2D eigenvalue weighted by molar-refractivity contribution is -0.139. The summed E-state index contributed by atoms with van der Waals surface area (Å²) in [5, 5.41) is 0. The molecule has 7 nitrogen and oxygen atoms in total. The van der Waals surface area contributed by atoms with Gasteiger partial charge in [0.15, 0.2) is 11.6 Å². The van der Waals surface area contributed by atoms with Crippen molar-refractivity contribution >= 4 is 26.4 Å². The highest BCUT2D eigenvalue weighted by atomic mass is 31.1. The molecule has 4 N–H and O–H groups in total. The number of nitrogens with two attached hydrogens (primary N) is 2. The molecule has 0 saturated carbocycles. The Bertz CT molecular complexity index is 504. The van der Waals surface area contributed by atoms with Gasteiger partial charge in [-0.2, -0.15) is 4.39 Å². The van der Waals surface area contributed by atoms with Gasteiger partial charge in [0.1, 0.15) is 6.33 Å². The summed E-state index contributed by atoms with van der Waals surface area (Å²) in [6.07, 6.45) is 1.70. The average Bonchev–Trinajstić information content (AvgIpc) is 2.42. The number of nitrogen functional groups attached to an aromatic ring is 1. The third-order valence-electron chi connectivity index (χ3n) is 3.26. The summed E-state index contributed by atoms with van der Waals surface area (Å²) in [6.45, 7) is 2.56. The molecule has 2 unspecified atom stereocenters. The predicted molar refractivity (Wildman–Crippen MR) is 75.0 cm³/mol. The van der Waals surface area contributed by atoms with Crippen molar-refractivity contribution in [2.75, 3.05) is 30.4 Å². The fraction of sp³-hybridized carbons (Fsp3) is 0.545. The lowest BCUT2D eigenvalue weighted by Crippen LogP contribution is -2.51. The Hall–Kier alpha value is -1.53. The summed E-state index contributed by atoms with van der Waals surface area (Å²) in [5.41, 5.74) is 11.4. The van der Waals surface area contributed by atoms with E-state index in [1.165, 1.54) is 6.33 Å². The van der Waals surface area contributed by atoms with Gasteiger partial charge in [-0.3, -0.25) is 4.79 Å². The molecule has 1 aliphatic heterocycles. The normalized spacial score (nSPS) is 23.2.